The van der Waals surface area contributed by atoms with Crippen LogP contribution < -0.4 is 33.2 Å². The molecule has 0 rings (SSSR count). The first-order chi connectivity index (χ1) is 16.8. The predicted octanol–water partition coefficient (Wildman–Crippen LogP) is -3.41. The second-order valence-electron chi connectivity index (χ2n) is 7.95. The maximum absolute atomic E-state index is 12.9. The van der Waals surface area contributed by atoms with Crippen molar-refractivity contribution in [2.75, 3.05) is 6.54 Å². The number of unbranched alkanes of at least 4 members (excludes halogenated alkanes) is 1. The fourth-order valence-corrected chi connectivity index (χ4v) is 2.93. The topological polar surface area (TPSA) is 294 Å². The highest BCUT2D eigenvalue weighted by Gasteiger charge is 2.31. The van der Waals surface area contributed by atoms with Gasteiger partial charge in [0.25, 0.3) is 0 Å². The minimum Gasteiger partial charge on any atom is -0.481 e. The normalized spacial score (nSPS) is 13.9. The zero-order valence-corrected chi connectivity index (χ0v) is 19.6. The summed E-state index contributed by atoms with van der Waals surface area (Å²) in [6.07, 6.45) is -1.28. The molecule has 0 bridgehead atoms. The predicted molar refractivity (Wildman–Crippen MR) is 122 cm³/mol. The molecule has 0 aromatic rings. The van der Waals surface area contributed by atoms with E-state index in [4.69, 9.17) is 32.5 Å². The summed E-state index contributed by atoms with van der Waals surface area (Å²) in [6.45, 7) is 0.296. The van der Waals surface area contributed by atoms with Gasteiger partial charge in [0.1, 0.15) is 18.1 Å². The molecular weight excluding hydrogens is 484 g/mol. The fourth-order valence-electron chi connectivity index (χ4n) is 2.93. The Labute approximate surface area is 206 Å². The lowest BCUT2D eigenvalue weighted by Crippen LogP contribution is -2.57. The van der Waals surface area contributed by atoms with E-state index in [-0.39, 0.29) is 32.1 Å². The maximum atomic E-state index is 12.9. The number of hydrogen-bond donors (Lipinski definition) is 9. The number of nitrogens with two attached hydrogens (primary N) is 3. The monoisotopic (exact) mass is 518 g/mol. The van der Waals surface area contributed by atoms with Gasteiger partial charge < -0.3 is 48.5 Å². The third-order valence-corrected chi connectivity index (χ3v) is 4.89. The number of carbonyl (C=O) groups is 7. The van der Waals surface area contributed by atoms with Gasteiger partial charge in [-0.3, -0.25) is 28.8 Å². The second-order valence-corrected chi connectivity index (χ2v) is 7.95. The smallest absolute Gasteiger partial charge is 0.326 e. The van der Waals surface area contributed by atoms with Crippen LogP contribution in [0.4, 0.5) is 0 Å². The molecular formula is C20H34N6O10. The molecule has 16 heteroatoms. The van der Waals surface area contributed by atoms with E-state index >= 15 is 0 Å². The third-order valence-electron chi connectivity index (χ3n) is 4.89. The number of hydrogen-bond acceptors (Lipinski definition) is 9. The summed E-state index contributed by atoms with van der Waals surface area (Å²) < 4.78 is 0. The van der Waals surface area contributed by atoms with E-state index in [1.54, 1.807) is 0 Å². The van der Waals surface area contributed by atoms with Crippen molar-refractivity contribution >= 4 is 41.5 Å². The van der Waals surface area contributed by atoms with Crippen molar-refractivity contribution < 1.29 is 48.9 Å². The van der Waals surface area contributed by atoms with Crippen molar-refractivity contribution in [2.24, 2.45) is 17.2 Å². The van der Waals surface area contributed by atoms with Gasteiger partial charge in [-0.2, -0.15) is 0 Å². The van der Waals surface area contributed by atoms with Crippen LogP contribution in [0.2, 0.25) is 0 Å². The molecule has 0 aliphatic carbocycles. The van der Waals surface area contributed by atoms with Crippen molar-refractivity contribution in [2.45, 2.75) is 75.5 Å². The van der Waals surface area contributed by atoms with Crippen LogP contribution in [0.3, 0.4) is 0 Å². The number of primary amides is 1. The van der Waals surface area contributed by atoms with Crippen LogP contribution in [0.15, 0.2) is 0 Å². The highest BCUT2D eigenvalue weighted by molar-refractivity contribution is 5.95. The molecule has 0 aromatic heterocycles. The summed E-state index contributed by atoms with van der Waals surface area (Å²) in [4.78, 5) is 82.0. The van der Waals surface area contributed by atoms with Gasteiger partial charge in [-0.05, 0) is 38.6 Å². The summed E-state index contributed by atoms with van der Waals surface area (Å²) in [5.41, 5.74) is 16.2. The molecule has 0 heterocycles. The van der Waals surface area contributed by atoms with Gasteiger partial charge in [0, 0.05) is 12.8 Å². The molecule has 4 atom stereocenters. The molecule has 0 saturated heterocycles. The van der Waals surface area contributed by atoms with E-state index in [0.29, 0.717) is 19.4 Å². The Morgan fingerprint density at radius 2 is 1.19 bits per heavy atom. The van der Waals surface area contributed by atoms with Crippen molar-refractivity contribution in [1.82, 2.24) is 16.0 Å². The zero-order chi connectivity index (χ0) is 27.8. The molecule has 204 valence electrons. The molecule has 12 N–H and O–H groups in total. The molecule has 0 fully saturated rings. The summed E-state index contributed by atoms with van der Waals surface area (Å²) in [5.74, 6) is -7.88. The van der Waals surface area contributed by atoms with Crippen molar-refractivity contribution in [1.29, 1.82) is 0 Å². The van der Waals surface area contributed by atoms with E-state index in [2.05, 4.69) is 10.6 Å². The number of aliphatic carboxylic acids is 3. The zero-order valence-electron chi connectivity index (χ0n) is 19.6. The van der Waals surface area contributed by atoms with Crippen LogP contribution in [0.25, 0.3) is 0 Å². The van der Waals surface area contributed by atoms with Crippen molar-refractivity contribution in [3.05, 3.63) is 0 Å². The fraction of sp³-hybridized carbons (Fsp3) is 0.650. The van der Waals surface area contributed by atoms with Crippen LogP contribution in [0.1, 0.15) is 51.4 Å². The largest absolute Gasteiger partial charge is 0.481 e. The number of nitrogens with one attached hydrogen (secondary N) is 3. The van der Waals surface area contributed by atoms with Gasteiger partial charge in [-0.15, -0.1) is 0 Å². The third kappa shape index (κ3) is 13.8. The van der Waals surface area contributed by atoms with Gasteiger partial charge in [0.15, 0.2) is 0 Å². The highest BCUT2D eigenvalue weighted by Crippen LogP contribution is 2.06. The molecule has 0 radical (unpaired) electrons. The van der Waals surface area contributed by atoms with Gasteiger partial charge >= 0.3 is 17.9 Å². The van der Waals surface area contributed by atoms with Crippen LogP contribution >= 0.6 is 0 Å². The van der Waals surface area contributed by atoms with Crippen LogP contribution in [-0.4, -0.2) is 87.6 Å². The second kappa shape index (κ2) is 16.8. The lowest BCUT2D eigenvalue weighted by atomic mass is 10.0. The summed E-state index contributed by atoms with van der Waals surface area (Å²) in [6, 6.07) is -5.75. The lowest BCUT2D eigenvalue weighted by Gasteiger charge is -2.25. The quantitative estimate of drug-likeness (QED) is 0.0755. The number of amides is 4. The Kier molecular flexibility index (Phi) is 15.0. The lowest BCUT2D eigenvalue weighted by molar-refractivity contribution is -0.147. The van der Waals surface area contributed by atoms with Crippen LogP contribution in [-0.2, 0) is 33.6 Å². The summed E-state index contributed by atoms with van der Waals surface area (Å²) in [5, 5.41) is 33.4. The molecule has 0 aliphatic rings. The standard InChI is InChI=1S/C20H34N6O10/c21-8-2-1-3-11(24-17(32)10(22)4-7-15(28)29)18(33)25-12(5-6-14(23)27)19(34)26-13(20(35)36)9-16(30)31/h10-13H,1-9,21-22H2,(H2,23,27)(H,24,32)(H,25,33)(H,26,34)(H,28,29)(H,30,31)(H,35,36). The van der Waals surface area contributed by atoms with E-state index in [1.807, 2.05) is 5.32 Å². The molecule has 0 spiro atoms. The molecule has 4 unspecified atom stereocenters. The average molecular weight is 519 g/mol. The Balaban J connectivity index is 5.58. The highest BCUT2D eigenvalue weighted by atomic mass is 16.4. The minimum atomic E-state index is -1.81. The average Bonchev–Trinajstić information content (AvgIpc) is 2.78. The van der Waals surface area contributed by atoms with Crippen molar-refractivity contribution in [3.63, 3.8) is 0 Å². The minimum absolute atomic E-state index is 0.0708. The number of rotatable bonds is 19. The Morgan fingerprint density at radius 3 is 1.67 bits per heavy atom. The summed E-state index contributed by atoms with van der Waals surface area (Å²) in [7, 11) is 0. The van der Waals surface area contributed by atoms with E-state index in [0.717, 1.165) is 0 Å². The van der Waals surface area contributed by atoms with Gasteiger partial charge in [0.05, 0.1) is 12.5 Å². The van der Waals surface area contributed by atoms with Gasteiger partial charge in [-0.1, -0.05) is 0 Å². The Morgan fingerprint density at radius 1 is 0.667 bits per heavy atom. The first-order valence-electron chi connectivity index (χ1n) is 11.1. The van der Waals surface area contributed by atoms with Crippen LogP contribution in [0.5, 0.6) is 0 Å². The number of carboxylic acids is 3. The van der Waals surface area contributed by atoms with Crippen LogP contribution in [0, 0.1) is 0 Å². The summed E-state index contributed by atoms with van der Waals surface area (Å²) >= 11 is 0. The van der Waals surface area contributed by atoms with E-state index in [9.17, 15) is 33.6 Å². The number of carbonyl (C=O) groups excluding carboxylic acids is 4. The SMILES string of the molecule is NCCCCC(NC(=O)C(N)CCC(=O)O)C(=O)NC(CCC(N)=O)C(=O)NC(CC(=O)O)C(=O)O. The first kappa shape index (κ1) is 32.2. The van der Waals surface area contributed by atoms with Gasteiger partial charge in [0.2, 0.25) is 23.6 Å². The van der Waals surface area contributed by atoms with Gasteiger partial charge in [-0.25, -0.2) is 4.79 Å². The molecule has 0 aromatic carbocycles. The molecule has 0 aliphatic heterocycles. The van der Waals surface area contributed by atoms with E-state index in [1.165, 1.54) is 0 Å². The molecule has 16 nitrogen and oxygen atoms in total. The molecule has 0 saturated carbocycles. The maximum Gasteiger partial charge on any atom is 0.326 e. The van der Waals surface area contributed by atoms with Crippen molar-refractivity contribution in [3.8, 4) is 0 Å². The number of carboxylic acid groups (broad SMARTS) is 3. The molecule has 4 amide bonds. The van der Waals surface area contributed by atoms with E-state index < -0.39 is 72.1 Å². The Bertz CT molecular complexity index is 821. The first-order valence-corrected chi connectivity index (χ1v) is 11.1. The molecule has 36 heavy (non-hydrogen) atoms. The Hall–Kier alpha value is -3.79.